The second kappa shape index (κ2) is 9.70. The van der Waals surface area contributed by atoms with Crippen LogP contribution in [-0.2, 0) is 9.59 Å². The van der Waals surface area contributed by atoms with Gasteiger partial charge < -0.3 is 14.0 Å². The number of aryl methyl sites for hydroxylation is 1. The van der Waals surface area contributed by atoms with Crippen molar-refractivity contribution in [2.75, 3.05) is 24.2 Å². The third-order valence-electron chi connectivity index (χ3n) is 6.44. The Morgan fingerprint density at radius 2 is 1.27 bits per heavy atom. The summed E-state index contributed by atoms with van der Waals surface area (Å²) in [6.07, 6.45) is 1.68. The molecule has 0 N–H and O–H groups in total. The fraction of sp³-hybridized carbons (Fsp3) is 0.133. The van der Waals surface area contributed by atoms with Gasteiger partial charge in [-0.05, 0) is 68.0 Å². The molecule has 0 aliphatic carbocycles. The first-order chi connectivity index (χ1) is 17.9. The lowest BCUT2D eigenvalue weighted by Gasteiger charge is -2.27. The molecule has 0 saturated carbocycles. The molecule has 3 aromatic carbocycles. The first kappa shape index (κ1) is 23.9. The number of aromatic nitrogens is 1. The lowest BCUT2D eigenvalue weighted by atomic mass is 10.1. The molecule has 7 nitrogen and oxygen atoms in total. The zero-order valence-electron chi connectivity index (χ0n) is 21.1. The number of para-hydroxylation sites is 2. The van der Waals surface area contributed by atoms with Gasteiger partial charge in [0.1, 0.15) is 17.1 Å². The predicted molar refractivity (Wildman–Crippen MR) is 144 cm³/mol. The Bertz CT molecular complexity index is 1450. The summed E-state index contributed by atoms with van der Waals surface area (Å²) in [6, 6.07) is 25.9. The maximum absolute atomic E-state index is 13.7. The molecule has 0 bridgehead atoms. The molecule has 0 atom stereocenters. The van der Waals surface area contributed by atoms with E-state index in [1.54, 1.807) is 20.3 Å². The van der Waals surface area contributed by atoms with Gasteiger partial charge >= 0.3 is 0 Å². The monoisotopic (exact) mass is 493 g/mol. The van der Waals surface area contributed by atoms with Gasteiger partial charge in [-0.1, -0.05) is 36.4 Å². The molecular weight excluding hydrogens is 466 g/mol. The number of hydrazine groups is 1. The van der Waals surface area contributed by atoms with E-state index in [4.69, 9.17) is 9.47 Å². The Morgan fingerprint density at radius 1 is 0.703 bits per heavy atom. The summed E-state index contributed by atoms with van der Waals surface area (Å²) in [6.45, 7) is 3.92. The summed E-state index contributed by atoms with van der Waals surface area (Å²) in [7, 11) is 3.24. The van der Waals surface area contributed by atoms with E-state index in [0.717, 1.165) is 22.6 Å². The van der Waals surface area contributed by atoms with Crippen LogP contribution in [0, 0.1) is 13.8 Å². The highest BCUT2D eigenvalue weighted by molar-refractivity contribution is 6.38. The molecule has 0 spiro atoms. The predicted octanol–water partition coefficient (Wildman–Crippen LogP) is 5.49. The van der Waals surface area contributed by atoms with Crippen molar-refractivity contribution >= 4 is 29.3 Å². The van der Waals surface area contributed by atoms with Gasteiger partial charge in [0.15, 0.2) is 0 Å². The number of hydrogen-bond donors (Lipinski definition) is 0. The van der Waals surface area contributed by atoms with Crippen LogP contribution in [0.25, 0.3) is 11.8 Å². The normalized spacial score (nSPS) is 13.4. The number of benzene rings is 3. The quantitative estimate of drug-likeness (QED) is 0.263. The number of anilines is 2. The molecule has 1 saturated heterocycles. The van der Waals surface area contributed by atoms with Gasteiger partial charge in [-0.2, -0.15) is 0 Å². The van der Waals surface area contributed by atoms with Crippen LogP contribution in [0.3, 0.4) is 0 Å². The third kappa shape index (κ3) is 4.14. The standard InChI is InChI=1S/C30H27N3O4/c1-20-17-22(21(2)31(20)27-19-25(36-3)15-16-28(27)37-4)18-26-29(34)32(23-11-7-5-8-12-23)33(30(26)35)24-13-9-6-10-14-24/h5-19H,1-4H3. The van der Waals surface area contributed by atoms with E-state index in [0.29, 0.717) is 22.9 Å². The van der Waals surface area contributed by atoms with Crippen molar-refractivity contribution in [1.29, 1.82) is 0 Å². The Morgan fingerprint density at radius 3 is 1.78 bits per heavy atom. The molecule has 0 unspecified atom stereocenters. The van der Waals surface area contributed by atoms with Crippen LogP contribution in [0.2, 0.25) is 0 Å². The molecule has 1 aliphatic heterocycles. The minimum atomic E-state index is -0.385. The number of carbonyl (C=O) groups is 2. The van der Waals surface area contributed by atoms with Crippen LogP contribution in [0.1, 0.15) is 17.0 Å². The van der Waals surface area contributed by atoms with Crippen LogP contribution in [0.4, 0.5) is 11.4 Å². The summed E-state index contributed by atoms with van der Waals surface area (Å²) >= 11 is 0. The van der Waals surface area contributed by atoms with Crippen molar-refractivity contribution in [2.45, 2.75) is 13.8 Å². The van der Waals surface area contributed by atoms with E-state index in [1.165, 1.54) is 10.0 Å². The highest BCUT2D eigenvalue weighted by Crippen LogP contribution is 2.35. The second-order valence-corrected chi connectivity index (χ2v) is 8.66. The molecule has 2 amide bonds. The zero-order valence-corrected chi connectivity index (χ0v) is 21.1. The summed E-state index contributed by atoms with van der Waals surface area (Å²) in [5.74, 6) is 0.606. The highest BCUT2D eigenvalue weighted by atomic mass is 16.5. The van der Waals surface area contributed by atoms with Crippen molar-refractivity contribution in [3.8, 4) is 17.2 Å². The Labute approximate surface area is 215 Å². The van der Waals surface area contributed by atoms with E-state index in [2.05, 4.69) is 0 Å². The maximum Gasteiger partial charge on any atom is 0.283 e. The molecule has 1 fully saturated rings. The number of amides is 2. The Hall–Kier alpha value is -4.78. The minimum absolute atomic E-state index is 0.0885. The molecule has 1 aliphatic rings. The second-order valence-electron chi connectivity index (χ2n) is 8.66. The minimum Gasteiger partial charge on any atom is -0.497 e. The average Bonchev–Trinajstić information content (AvgIpc) is 3.35. The fourth-order valence-corrected chi connectivity index (χ4v) is 4.66. The number of nitrogens with zero attached hydrogens (tertiary/aromatic N) is 3. The summed E-state index contributed by atoms with van der Waals surface area (Å²) in [5, 5.41) is 2.85. The fourth-order valence-electron chi connectivity index (χ4n) is 4.66. The molecule has 37 heavy (non-hydrogen) atoms. The SMILES string of the molecule is COc1ccc(OC)c(-n2c(C)cc(C=C3C(=O)N(c4ccccc4)N(c4ccccc4)C3=O)c2C)c1. The van der Waals surface area contributed by atoms with Gasteiger partial charge in [-0.3, -0.25) is 9.59 Å². The van der Waals surface area contributed by atoms with Gasteiger partial charge in [0.2, 0.25) is 0 Å². The first-order valence-corrected chi connectivity index (χ1v) is 11.9. The molecule has 2 heterocycles. The molecule has 186 valence electrons. The van der Waals surface area contributed by atoms with E-state index < -0.39 is 0 Å². The summed E-state index contributed by atoms with van der Waals surface area (Å²) < 4.78 is 13.1. The van der Waals surface area contributed by atoms with E-state index in [-0.39, 0.29) is 17.4 Å². The van der Waals surface area contributed by atoms with Crippen LogP contribution >= 0.6 is 0 Å². The van der Waals surface area contributed by atoms with E-state index in [9.17, 15) is 9.59 Å². The van der Waals surface area contributed by atoms with Gasteiger partial charge in [0.05, 0.1) is 31.3 Å². The topological polar surface area (TPSA) is 64.0 Å². The Kier molecular flexibility index (Phi) is 6.27. The van der Waals surface area contributed by atoms with Crippen molar-refractivity contribution in [1.82, 2.24) is 4.57 Å². The van der Waals surface area contributed by atoms with Crippen molar-refractivity contribution in [3.05, 3.63) is 107 Å². The molecule has 4 aromatic rings. The third-order valence-corrected chi connectivity index (χ3v) is 6.44. The molecule has 7 heteroatoms. The number of rotatable bonds is 6. The van der Waals surface area contributed by atoms with Crippen LogP contribution in [0.5, 0.6) is 11.5 Å². The smallest absolute Gasteiger partial charge is 0.283 e. The molecular formula is C30H27N3O4. The summed E-state index contributed by atoms with van der Waals surface area (Å²) in [5.41, 5.74) is 4.67. The number of ether oxygens (including phenoxy) is 2. The largest absolute Gasteiger partial charge is 0.497 e. The zero-order chi connectivity index (χ0) is 26.1. The number of hydrogen-bond acceptors (Lipinski definition) is 4. The van der Waals surface area contributed by atoms with Crippen LogP contribution < -0.4 is 19.5 Å². The lowest BCUT2D eigenvalue weighted by molar-refractivity contribution is -0.116. The van der Waals surface area contributed by atoms with Crippen molar-refractivity contribution in [3.63, 3.8) is 0 Å². The molecule has 1 aromatic heterocycles. The number of methoxy groups -OCH3 is 2. The van der Waals surface area contributed by atoms with Crippen LogP contribution in [0.15, 0.2) is 90.5 Å². The summed E-state index contributed by atoms with van der Waals surface area (Å²) in [4.78, 5) is 27.4. The van der Waals surface area contributed by atoms with E-state index >= 15 is 0 Å². The number of carbonyl (C=O) groups excluding carboxylic acids is 2. The van der Waals surface area contributed by atoms with Crippen molar-refractivity contribution < 1.29 is 19.1 Å². The van der Waals surface area contributed by atoms with Crippen LogP contribution in [-0.4, -0.2) is 30.6 Å². The van der Waals surface area contributed by atoms with Gasteiger partial charge in [0, 0.05) is 17.5 Å². The maximum atomic E-state index is 13.7. The average molecular weight is 494 g/mol. The molecule has 5 rings (SSSR count). The Balaban J connectivity index is 1.63. The van der Waals surface area contributed by atoms with Gasteiger partial charge in [-0.15, -0.1) is 0 Å². The van der Waals surface area contributed by atoms with E-state index in [1.807, 2.05) is 103 Å². The lowest BCUT2D eigenvalue weighted by Crippen LogP contribution is -2.41. The van der Waals surface area contributed by atoms with Crippen molar-refractivity contribution in [2.24, 2.45) is 0 Å². The highest BCUT2D eigenvalue weighted by Gasteiger charge is 2.43. The molecule has 0 radical (unpaired) electrons. The van der Waals surface area contributed by atoms with Gasteiger partial charge in [0.25, 0.3) is 11.8 Å². The first-order valence-electron chi connectivity index (χ1n) is 11.9. The van der Waals surface area contributed by atoms with Gasteiger partial charge in [-0.25, -0.2) is 10.0 Å².